The van der Waals surface area contributed by atoms with E-state index in [4.69, 9.17) is 14.2 Å². The molecule has 0 aliphatic heterocycles. The van der Waals surface area contributed by atoms with Crippen molar-refractivity contribution in [2.24, 2.45) is 0 Å². The number of hydrogen-bond acceptors (Lipinski definition) is 9. The second kappa shape index (κ2) is 8.59. The second-order valence-corrected chi connectivity index (χ2v) is 8.05. The van der Waals surface area contributed by atoms with Crippen molar-refractivity contribution in [3.63, 3.8) is 0 Å². The zero-order valence-corrected chi connectivity index (χ0v) is 17.9. The number of amides is 1. The van der Waals surface area contributed by atoms with Crippen LogP contribution in [0, 0.1) is 0 Å². The fourth-order valence-electron chi connectivity index (χ4n) is 2.78. The third-order valence-electron chi connectivity index (χ3n) is 4.22. The third kappa shape index (κ3) is 3.89. The van der Waals surface area contributed by atoms with Gasteiger partial charge in [0.05, 0.1) is 26.2 Å². The Kier molecular flexibility index (Phi) is 5.72. The largest absolute Gasteiger partial charge is 0.497 e. The van der Waals surface area contributed by atoms with Crippen LogP contribution in [0.15, 0.2) is 46.2 Å². The number of carbonyl (C=O) groups is 1. The van der Waals surface area contributed by atoms with E-state index in [1.807, 2.05) is 36.4 Å². The van der Waals surface area contributed by atoms with Crippen LogP contribution in [-0.2, 0) is 0 Å². The highest BCUT2D eigenvalue weighted by atomic mass is 32.2. The van der Waals surface area contributed by atoms with Gasteiger partial charge in [-0.1, -0.05) is 16.9 Å². The lowest BCUT2D eigenvalue weighted by Gasteiger charge is -2.11. The average Bonchev–Trinajstić information content (AvgIpc) is 3.41. The lowest BCUT2D eigenvalue weighted by Crippen LogP contribution is -2.12. The lowest BCUT2D eigenvalue weighted by atomic mass is 10.2. The molecular weight excluding hydrogens is 426 g/mol. The Labute approximate surface area is 179 Å². The molecule has 4 rings (SSSR count). The molecule has 0 bridgehead atoms. The summed E-state index contributed by atoms with van der Waals surface area (Å²) in [4.78, 5) is 15.1. The van der Waals surface area contributed by atoms with Gasteiger partial charge in [-0.05, 0) is 46.8 Å². The number of ether oxygens (including phenoxy) is 3. The zero-order valence-electron chi connectivity index (χ0n) is 16.3. The number of tetrazole rings is 1. The fourth-order valence-corrected chi connectivity index (χ4v) is 5.18. The number of hydrogen-bond donors (Lipinski definition) is 2. The van der Waals surface area contributed by atoms with Gasteiger partial charge in [-0.15, -0.1) is 11.3 Å². The molecule has 0 saturated carbocycles. The Hall–Kier alpha value is -3.31. The SMILES string of the molecule is COc1ccc(OC)c(Sc2c(C(=O)Nc3nnn[nH]3)sc3ccc(OC)cc23)c1. The van der Waals surface area contributed by atoms with Crippen LogP contribution in [0.25, 0.3) is 10.1 Å². The van der Waals surface area contributed by atoms with Gasteiger partial charge in [0, 0.05) is 15.0 Å². The number of rotatable bonds is 7. The quantitative estimate of drug-likeness (QED) is 0.443. The van der Waals surface area contributed by atoms with Gasteiger partial charge in [0.1, 0.15) is 22.1 Å². The maximum atomic E-state index is 13.0. The number of methoxy groups -OCH3 is 3. The van der Waals surface area contributed by atoms with Crippen LogP contribution < -0.4 is 19.5 Å². The first-order chi connectivity index (χ1) is 14.6. The van der Waals surface area contributed by atoms with Crippen molar-refractivity contribution in [1.29, 1.82) is 0 Å². The Bertz CT molecular complexity index is 1190. The second-order valence-electron chi connectivity index (χ2n) is 5.95. The summed E-state index contributed by atoms with van der Waals surface area (Å²) in [6.07, 6.45) is 0. The van der Waals surface area contributed by atoms with Crippen LogP contribution >= 0.6 is 23.1 Å². The highest BCUT2D eigenvalue weighted by Gasteiger charge is 2.22. The van der Waals surface area contributed by atoms with Gasteiger partial charge < -0.3 is 14.2 Å². The minimum atomic E-state index is -0.321. The molecule has 0 aliphatic carbocycles. The van der Waals surface area contributed by atoms with Crippen molar-refractivity contribution in [1.82, 2.24) is 20.6 Å². The van der Waals surface area contributed by atoms with Crippen molar-refractivity contribution in [2.45, 2.75) is 9.79 Å². The van der Waals surface area contributed by atoms with Crippen LogP contribution in [0.1, 0.15) is 9.67 Å². The maximum absolute atomic E-state index is 13.0. The number of aromatic amines is 1. The van der Waals surface area contributed by atoms with Crippen LogP contribution in [0.2, 0.25) is 0 Å². The molecule has 2 aromatic heterocycles. The van der Waals surface area contributed by atoms with E-state index in [1.54, 1.807) is 21.3 Å². The molecule has 4 aromatic rings. The molecule has 0 saturated heterocycles. The van der Waals surface area contributed by atoms with E-state index in [1.165, 1.54) is 23.1 Å². The highest BCUT2D eigenvalue weighted by molar-refractivity contribution is 8.00. The number of anilines is 1. The van der Waals surface area contributed by atoms with E-state index in [0.717, 1.165) is 19.9 Å². The van der Waals surface area contributed by atoms with E-state index in [0.29, 0.717) is 22.1 Å². The first-order valence-corrected chi connectivity index (χ1v) is 10.3. The van der Waals surface area contributed by atoms with E-state index in [-0.39, 0.29) is 11.9 Å². The third-order valence-corrected chi connectivity index (χ3v) is 6.68. The fraction of sp³-hybridized carbons (Fsp3) is 0.158. The van der Waals surface area contributed by atoms with E-state index >= 15 is 0 Å². The first kappa shape index (κ1) is 20.0. The molecule has 0 unspecified atom stereocenters. The highest BCUT2D eigenvalue weighted by Crippen LogP contribution is 2.46. The van der Waals surface area contributed by atoms with Gasteiger partial charge in [0.25, 0.3) is 5.91 Å². The molecule has 1 amide bonds. The molecule has 0 aliphatic rings. The molecule has 2 heterocycles. The Balaban J connectivity index is 1.82. The molecular formula is C19H17N5O4S2. The first-order valence-electron chi connectivity index (χ1n) is 8.68. The smallest absolute Gasteiger partial charge is 0.269 e. The van der Waals surface area contributed by atoms with E-state index in [9.17, 15) is 4.79 Å². The number of nitrogens with zero attached hydrogens (tertiary/aromatic N) is 3. The molecule has 9 nitrogen and oxygen atoms in total. The summed E-state index contributed by atoms with van der Waals surface area (Å²) >= 11 is 2.79. The van der Waals surface area contributed by atoms with Crippen LogP contribution in [0.3, 0.4) is 0 Å². The lowest BCUT2D eigenvalue weighted by molar-refractivity contribution is 0.102. The number of carbonyl (C=O) groups excluding carboxylic acids is 1. The summed E-state index contributed by atoms with van der Waals surface area (Å²) in [6, 6.07) is 11.2. The van der Waals surface area contributed by atoms with Crippen molar-refractivity contribution >= 4 is 45.0 Å². The van der Waals surface area contributed by atoms with E-state index in [2.05, 4.69) is 25.9 Å². The molecule has 2 N–H and O–H groups in total. The minimum Gasteiger partial charge on any atom is -0.497 e. The van der Waals surface area contributed by atoms with Crippen molar-refractivity contribution in [3.05, 3.63) is 41.3 Å². The van der Waals surface area contributed by atoms with Gasteiger partial charge in [0.2, 0.25) is 5.95 Å². The Morgan fingerprint density at radius 2 is 1.83 bits per heavy atom. The van der Waals surface area contributed by atoms with Crippen molar-refractivity contribution in [2.75, 3.05) is 26.6 Å². The number of nitrogens with one attached hydrogen (secondary N) is 2. The van der Waals surface area contributed by atoms with Gasteiger partial charge in [-0.2, -0.15) is 0 Å². The monoisotopic (exact) mass is 443 g/mol. The number of benzene rings is 2. The molecule has 30 heavy (non-hydrogen) atoms. The summed E-state index contributed by atoms with van der Waals surface area (Å²) in [5, 5.41) is 16.8. The topological polar surface area (TPSA) is 111 Å². The number of H-pyrrole nitrogens is 1. The average molecular weight is 444 g/mol. The molecule has 0 fully saturated rings. The van der Waals surface area contributed by atoms with Crippen LogP contribution in [0.5, 0.6) is 17.2 Å². The summed E-state index contributed by atoms with van der Waals surface area (Å²) in [7, 11) is 4.81. The van der Waals surface area contributed by atoms with Gasteiger partial charge in [-0.25, -0.2) is 5.10 Å². The van der Waals surface area contributed by atoms with Gasteiger partial charge in [-0.3, -0.25) is 10.1 Å². The van der Waals surface area contributed by atoms with Crippen molar-refractivity contribution < 1.29 is 19.0 Å². The molecule has 0 radical (unpaired) electrons. The number of aromatic nitrogens is 4. The summed E-state index contributed by atoms with van der Waals surface area (Å²) < 4.78 is 17.2. The summed E-state index contributed by atoms with van der Waals surface area (Å²) in [5.74, 6) is 1.91. The minimum absolute atomic E-state index is 0.171. The predicted octanol–water partition coefficient (Wildman–Crippen LogP) is 3.84. The Morgan fingerprint density at radius 1 is 1.07 bits per heavy atom. The molecule has 0 spiro atoms. The predicted molar refractivity (Wildman–Crippen MR) is 114 cm³/mol. The Morgan fingerprint density at radius 3 is 2.53 bits per heavy atom. The molecule has 11 heteroatoms. The number of thiophene rings is 1. The van der Waals surface area contributed by atoms with Gasteiger partial charge >= 0.3 is 0 Å². The number of fused-ring (bicyclic) bond motifs is 1. The van der Waals surface area contributed by atoms with Gasteiger partial charge in [0.15, 0.2) is 0 Å². The zero-order chi connectivity index (χ0) is 21.1. The van der Waals surface area contributed by atoms with Crippen LogP contribution in [-0.4, -0.2) is 47.9 Å². The summed E-state index contributed by atoms with van der Waals surface area (Å²) in [5.41, 5.74) is 0. The van der Waals surface area contributed by atoms with Crippen LogP contribution in [0.4, 0.5) is 5.95 Å². The van der Waals surface area contributed by atoms with E-state index < -0.39 is 0 Å². The normalized spacial score (nSPS) is 10.8. The molecule has 0 atom stereocenters. The summed E-state index contributed by atoms with van der Waals surface area (Å²) in [6.45, 7) is 0. The maximum Gasteiger partial charge on any atom is 0.269 e. The standard InChI is InChI=1S/C19H17N5O4S2/c1-26-10-5-7-14-12(8-10)16(17(29-14)18(25)20-19-21-23-24-22-19)30-15-9-11(27-2)4-6-13(15)28-3/h4-9H,1-3H3,(H2,20,21,22,23,24,25). The molecule has 154 valence electrons. The molecule has 2 aromatic carbocycles. The van der Waals surface area contributed by atoms with Crippen molar-refractivity contribution in [3.8, 4) is 17.2 Å².